The van der Waals surface area contributed by atoms with Gasteiger partial charge in [0, 0.05) is 18.4 Å². The molecule has 2 aliphatic heterocycles. The van der Waals surface area contributed by atoms with Gasteiger partial charge in [0.1, 0.15) is 0 Å². The van der Waals surface area contributed by atoms with Gasteiger partial charge in [-0.3, -0.25) is 4.99 Å². The van der Waals surface area contributed by atoms with E-state index in [0.29, 0.717) is 12.1 Å². The minimum absolute atomic E-state index is 0.377. The van der Waals surface area contributed by atoms with Crippen molar-refractivity contribution in [3.8, 4) is 0 Å². The first-order valence-corrected chi connectivity index (χ1v) is 6.38. The van der Waals surface area contributed by atoms with E-state index in [4.69, 9.17) is 4.74 Å². The Morgan fingerprint density at radius 2 is 2.50 bits per heavy atom. The van der Waals surface area contributed by atoms with Crippen molar-refractivity contribution in [1.82, 2.24) is 5.32 Å². The van der Waals surface area contributed by atoms with Gasteiger partial charge >= 0.3 is 0 Å². The molecule has 0 saturated carbocycles. The number of hydrogen-bond donors (Lipinski definition) is 1. The molecular weight excluding hydrogens is 196 g/mol. The fourth-order valence-corrected chi connectivity index (χ4v) is 2.84. The van der Waals surface area contributed by atoms with Gasteiger partial charge in [0.25, 0.3) is 0 Å². The van der Waals surface area contributed by atoms with Gasteiger partial charge in [0.2, 0.25) is 0 Å². The molecule has 0 aromatic carbocycles. The molecule has 1 N–H and O–H groups in total. The maximum atomic E-state index is 5.53. The number of thioether (sulfide) groups is 1. The van der Waals surface area contributed by atoms with Crippen LogP contribution in [0.25, 0.3) is 0 Å². The third kappa shape index (κ3) is 2.89. The Balaban J connectivity index is 1.78. The van der Waals surface area contributed by atoms with Gasteiger partial charge in [-0.2, -0.15) is 0 Å². The summed E-state index contributed by atoms with van der Waals surface area (Å²) < 4.78 is 5.53. The summed E-state index contributed by atoms with van der Waals surface area (Å²) in [7, 11) is 0. The van der Waals surface area contributed by atoms with Crippen molar-refractivity contribution in [3.63, 3.8) is 0 Å². The number of amidine groups is 1. The fourth-order valence-electron chi connectivity index (χ4n) is 1.72. The van der Waals surface area contributed by atoms with Gasteiger partial charge in [0.05, 0.1) is 12.6 Å². The van der Waals surface area contributed by atoms with Crippen LogP contribution in [0.5, 0.6) is 0 Å². The highest BCUT2D eigenvalue weighted by Crippen LogP contribution is 2.16. The van der Waals surface area contributed by atoms with Crippen LogP contribution < -0.4 is 5.32 Å². The molecule has 2 fully saturated rings. The highest BCUT2D eigenvalue weighted by atomic mass is 32.2. The summed E-state index contributed by atoms with van der Waals surface area (Å²) >= 11 is 1.83. The second kappa shape index (κ2) is 5.03. The van der Waals surface area contributed by atoms with Crippen LogP contribution in [0.3, 0.4) is 0 Å². The van der Waals surface area contributed by atoms with Crippen LogP contribution >= 0.6 is 11.8 Å². The summed E-state index contributed by atoms with van der Waals surface area (Å²) in [5, 5.41) is 4.51. The van der Waals surface area contributed by atoms with Crippen molar-refractivity contribution in [2.75, 3.05) is 18.9 Å². The molecule has 0 amide bonds. The van der Waals surface area contributed by atoms with E-state index in [2.05, 4.69) is 17.2 Å². The normalized spacial score (nSPS) is 35.9. The first-order chi connectivity index (χ1) is 6.84. The summed E-state index contributed by atoms with van der Waals surface area (Å²) in [6.07, 6.45) is 4.00. The first-order valence-electron chi connectivity index (χ1n) is 5.40. The van der Waals surface area contributed by atoms with E-state index in [-0.39, 0.29) is 0 Å². The van der Waals surface area contributed by atoms with Crippen LogP contribution in [0.15, 0.2) is 4.99 Å². The molecule has 2 heterocycles. The molecule has 3 nitrogen and oxygen atoms in total. The molecule has 14 heavy (non-hydrogen) atoms. The van der Waals surface area contributed by atoms with E-state index < -0.39 is 0 Å². The Kier molecular flexibility index (Phi) is 3.70. The van der Waals surface area contributed by atoms with Crippen LogP contribution in [-0.2, 0) is 4.74 Å². The van der Waals surface area contributed by atoms with Gasteiger partial charge in [0.15, 0.2) is 5.17 Å². The van der Waals surface area contributed by atoms with Crippen LogP contribution in [-0.4, -0.2) is 36.2 Å². The Morgan fingerprint density at radius 3 is 3.21 bits per heavy atom. The summed E-state index contributed by atoms with van der Waals surface area (Å²) in [4.78, 5) is 4.56. The maximum absolute atomic E-state index is 5.53. The van der Waals surface area contributed by atoms with Crippen molar-refractivity contribution in [1.29, 1.82) is 0 Å². The molecule has 0 aromatic heterocycles. The number of rotatable bonds is 2. The van der Waals surface area contributed by atoms with Crippen molar-refractivity contribution in [3.05, 3.63) is 0 Å². The summed E-state index contributed by atoms with van der Waals surface area (Å²) in [6.45, 7) is 3.97. The van der Waals surface area contributed by atoms with Gasteiger partial charge < -0.3 is 10.1 Å². The summed E-state index contributed by atoms with van der Waals surface area (Å²) in [5.41, 5.74) is 0. The Morgan fingerprint density at radius 1 is 1.57 bits per heavy atom. The van der Waals surface area contributed by atoms with Crippen LogP contribution in [0.2, 0.25) is 0 Å². The molecule has 2 unspecified atom stereocenters. The second-order valence-electron chi connectivity index (χ2n) is 3.96. The Hall–Kier alpha value is -0.220. The second-order valence-corrected chi connectivity index (χ2v) is 5.05. The topological polar surface area (TPSA) is 33.6 Å². The van der Waals surface area contributed by atoms with E-state index in [9.17, 15) is 0 Å². The third-order valence-corrected chi connectivity index (χ3v) is 3.58. The predicted octanol–water partition coefficient (Wildman–Crippen LogP) is 1.64. The van der Waals surface area contributed by atoms with Crippen molar-refractivity contribution in [2.45, 2.75) is 38.3 Å². The minimum Gasteiger partial charge on any atom is -0.376 e. The van der Waals surface area contributed by atoms with E-state index >= 15 is 0 Å². The molecular formula is C10H18N2OS. The van der Waals surface area contributed by atoms with Crippen molar-refractivity contribution >= 4 is 16.9 Å². The SMILES string of the molecule is CC1CCSC(=NCC2CCCO2)N1. The molecule has 0 radical (unpaired) electrons. The quantitative estimate of drug-likeness (QED) is 0.758. The average molecular weight is 214 g/mol. The highest BCUT2D eigenvalue weighted by Gasteiger charge is 2.17. The molecule has 0 aromatic rings. The van der Waals surface area contributed by atoms with Gasteiger partial charge in [-0.25, -0.2) is 0 Å². The zero-order valence-electron chi connectivity index (χ0n) is 8.66. The fraction of sp³-hybridized carbons (Fsp3) is 0.900. The number of aliphatic imine (C=N–C) groups is 1. The number of ether oxygens (including phenoxy) is 1. The molecule has 0 spiro atoms. The Bertz CT molecular complexity index is 214. The molecule has 2 aliphatic rings. The molecule has 2 rings (SSSR count). The standard InChI is InChI=1S/C10H18N2OS/c1-8-4-6-14-10(12-8)11-7-9-3-2-5-13-9/h8-9H,2-7H2,1H3,(H,11,12). The van der Waals surface area contributed by atoms with Crippen LogP contribution in [0.4, 0.5) is 0 Å². The highest BCUT2D eigenvalue weighted by molar-refractivity contribution is 8.13. The monoisotopic (exact) mass is 214 g/mol. The van der Waals surface area contributed by atoms with E-state index in [1.807, 2.05) is 11.8 Å². The van der Waals surface area contributed by atoms with Crippen molar-refractivity contribution < 1.29 is 4.74 Å². The van der Waals surface area contributed by atoms with E-state index in [1.54, 1.807) is 0 Å². The van der Waals surface area contributed by atoms with Gasteiger partial charge in [-0.1, -0.05) is 11.8 Å². The molecule has 2 atom stereocenters. The first kappa shape index (κ1) is 10.3. The predicted molar refractivity (Wildman–Crippen MR) is 60.9 cm³/mol. The van der Waals surface area contributed by atoms with Gasteiger partial charge in [-0.15, -0.1) is 0 Å². The third-order valence-electron chi connectivity index (χ3n) is 2.62. The number of nitrogens with one attached hydrogen (secondary N) is 1. The lowest BCUT2D eigenvalue weighted by Crippen LogP contribution is -2.36. The molecule has 0 bridgehead atoms. The van der Waals surface area contributed by atoms with Crippen LogP contribution in [0.1, 0.15) is 26.2 Å². The van der Waals surface area contributed by atoms with E-state index in [0.717, 1.165) is 18.3 Å². The molecule has 80 valence electrons. The zero-order valence-corrected chi connectivity index (χ0v) is 9.48. The lowest BCUT2D eigenvalue weighted by Gasteiger charge is -2.22. The number of hydrogen-bond acceptors (Lipinski definition) is 3. The maximum Gasteiger partial charge on any atom is 0.156 e. The molecule has 0 aliphatic carbocycles. The lowest BCUT2D eigenvalue weighted by molar-refractivity contribution is 0.118. The Labute approximate surface area is 89.7 Å². The van der Waals surface area contributed by atoms with Crippen LogP contribution in [0, 0.1) is 0 Å². The smallest absolute Gasteiger partial charge is 0.156 e. The molecule has 2 saturated heterocycles. The number of nitrogens with zero attached hydrogens (tertiary/aromatic N) is 1. The van der Waals surface area contributed by atoms with Gasteiger partial charge in [-0.05, 0) is 26.2 Å². The molecule has 4 heteroatoms. The van der Waals surface area contributed by atoms with E-state index in [1.165, 1.54) is 25.0 Å². The summed E-state index contributed by atoms with van der Waals surface area (Å²) in [6, 6.07) is 0.583. The minimum atomic E-state index is 0.377. The average Bonchev–Trinajstić information content (AvgIpc) is 2.67. The lowest BCUT2D eigenvalue weighted by atomic mass is 10.2. The zero-order chi connectivity index (χ0) is 9.80. The summed E-state index contributed by atoms with van der Waals surface area (Å²) in [5.74, 6) is 1.19. The van der Waals surface area contributed by atoms with Crippen molar-refractivity contribution in [2.24, 2.45) is 4.99 Å². The largest absolute Gasteiger partial charge is 0.376 e.